The number of nitrogens with zero attached hydrogens (tertiary/aromatic N) is 2. The van der Waals surface area contributed by atoms with E-state index in [0.717, 1.165) is 15.1 Å². The van der Waals surface area contributed by atoms with Crippen LogP contribution in [-0.4, -0.2) is 29.0 Å². The molecule has 0 bridgehead atoms. The number of amides is 1. The van der Waals surface area contributed by atoms with Crippen LogP contribution in [0.25, 0.3) is 10.2 Å². The Balaban J connectivity index is 2.27. The molecule has 2 aromatic rings. The van der Waals surface area contributed by atoms with Crippen molar-refractivity contribution in [2.45, 2.75) is 13.8 Å². The summed E-state index contributed by atoms with van der Waals surface area (Å²) >= 11 is 1.55. The molecule has 1 amide bonds. The molecule has 2 heterocycles. The number of aryl methyl sites for hydroxylation is 1. The minimum atomic E-state index is -0.0801. The highest BCUT2D eigenvalue weighted by molar-refractivity contribution is 7.18. The Bertz CT molecular complexity index is 596. The molecular weight excluding hydrogens is 264 g/mol. The fraction of sp³-hybridized carbons (Fsp3) is 0.364. The van der Waals surface area contributed by atoms with Crippen molar-refractivity contribution >= 4 is 39.2 Å². The minimum absolute atomic E-state index is 0.0801. The Hall–Kier alpha value is -1.93. The van der Waals surface area contributed by atoms with Crippen molar-refractivity contribution in [3.8, 4) is 0 Å². The van der Waals surface area contributed by atoms with Crippen molar-refractivity contribution in [2.24, 2.45) is 5.84 Å². The zero-order valence-electron chi connectivity index (χ0n) is 10.8. The van der Waals surface area contributed by atoms with Crippen LogP contribution < -0.4 is 21.9 Å². The Morgan fingerprint density at radius 2 is 2.26 bits per heavy atom. The molecule has 0 aliphatic heterocycles. The van der Waals surface area contributed by atoms with Gasteiger partial charge in [0.05, 0.1) is 11.9 Å². The Morgan fingerprint density at radius 1 is 1.47 bits per heavy atom. The van der Waals surface area contributed by atoms with Gasteiger partial charge in [0.2, 0.25) is 11.9 Å². The summed E-state index contributed by atoms with van der Waals surface area (Å²) in [4.78, 5) is 21.9. The molecule has 2 rings (SSSR count). The smallest absolute Gasteiger partial charge is 0.240 e. The van der Waals surface area contributed by atoms with Gasteiger partial charge in [0.15, 0.2) is 0 Å². The van der Waals surface area contributed by atoms with Crippen LogP contribution in [-0.2, 0) is 4.79 Å². The van der Waals surface area contributed by atoms with Gasteiger partial charge in [-0.15, -0.1) is 11.3 Å². The summed E-state index contributed by atoms with van der Waals surface area (Å²) in [5.74, 6) is 6.19. The molecule has 0 radical (unpaired) electrons. The van der Waals surface area contributed by atoms with Crippen molar-refractivity contribution in [1.29, 1.82) is 0 Å². The van der Waals surface area contributed by atoms with Crippen molar-refractivity contribution in [1.82, 2.24) is 15.3 Å². The van der Waals surface area contributed by atoms with Gasteiger partial charge in [0.25, 0.3) is 0 Å². The average molecular weight is 280 g/mol. The molecule has 0 atom stereocenters. The first-order valence-corrected chi connectivity index (χ1v) is 6.71. The summed E-state index contributed by atoms with van der Waals surface area (Å²) < 4.78 is 0. The predicted octanol–water partition coefficient (Wildman–Crippen LogP) is 0.833. The third-order valence-corrected chi connectivity index (χ3v) is 3.38. The summed E-state index contributed by atoms with van der Waals surface area (Å²) in [6.45, 7) is 4.64. The number of carbonyl (C=O) groups is 1. The van der Waals surface area contributed by atoms with E-state index in [1.54, 1.807) is 11.3 Å². The molecule has 0 saturated carbocycles. The van der Waals surface area contributed by atoms with E-state index in [0.29, 0.717) is 18.3 Å². The van der Waals surface area contributed by atoms with Gasteiger partial charge in [-0.25, -0.2) is 10.8 Å². The number of carbonyl (C=O) groups excluding carboxylic acids is 1. The second-order valence-electron chi connectivity index (χ2n) is 3.92. The molecule has 8 heteroatoms. The monoisotopic (exact) mass is 280 g/mol. The third kappa shape index (κ3) is 3.09. The van der Waals surface area contributed by atoms with Gasteiger partial charge in [-0.3, -0.25) is 10.2 Å². The number of rotatable bonds is 5. The molecule has 0 aliphatic carbocycles. The number of anilines is 2. The van der Waals surface area contributed by atoms with Crippen LogP contribution in [0.1, 0.15) is 11.8 Å². The van der Waals surface area contributed by atoms with Gasteiger partial charge in [0, 0.05) is 11.4 Å². The van der Waals surface area contributed by atoms with E-state index < -0.39 is 0 Å². The number of fused-ring (bicyclic) bond motifs is 1. The fourth-order valence-electron chi connectivity index (χ4n) is 1.66. The van der Waals surface area contributed by atoms with Gasteiger partial charge >= 0.3 is 0 Å². The van der Waals surface area contributed by atoms with Crippen LogP contribution in [0.15, 0.2) is 6.07 Å². The van der Waals surface area contributed by atoms with Gasteiger partial charge in [0.1, 0.15) is 10.6 Å². The molecular formula is C11H16N6OS. The topological polar surface area (TPSA) is 105 Å². The molecule has 0 aromatic carbocycles. The van der Waals surface area contributed by atoms with E-state index in [4.69, 9.17) is 5.84 Å². The number of nitrogen functional groups attached to an aromatic ring is 1. The number of nitrogens with one attached hydrogen (secondary N) is 3. The second kappa shape index (κ2) is 5.81. The lowest BCUT2D eigenvalue weighted by atomic mass is 10.3. The van der Waals surface area contributed by atoms with Crippen molar-refractivity contribution in [3.63, 3.8) is 0 Å². The van der Waals surface area contributed by atoms with Gasteiger partial charge in [-0.05, 0) is 19.9 Å². The van der Waals surface area contributed by atoms with Crippen LogP contribution >= 0.6 is 11.3 Å². The lowest BCUT2D eigenvalue weighted by Gasteiger charge is -2.08. The number of nitrogens with two attached hydrogens (primary N) is 1. The van der Waals surface area contributed by atoms with E-state index in [2.05, 4.69) is 26.0 Å². The van der Waals surface area contributed by atoms with Crippen LogP contribution in [0, 0.1) is 6.92 Å². The van der Waals surface area contributed by atoms with Gasteiger partial charge in [-0.1, -0.05) is 0 Å². The minimum Gasteiger partial charge on any atom is -0.360 e. The first kappa shape index (κ1) is 13.5. The molecule has 5 N–H and O–H groups in total. The van der Waals surface area contributed by atoms with E-state index >= 15 is 0 Å². The van der Waals surface area contributed by atoms with Gasteiger partial charge < -0.3 is 10.6 Å². The van der Waals surface area contributed by atoms with Crippen LogP contribution in [0.3, 0.4) is 0 Å². The number of hydrogen-bond donors (Lipinski definition) is 4. The number of likely N-dealkylation sites (N-methyl/N-ethyl adjacent to an activating group) is 1. The molecule has 0 fully saturated rings. The molecule has 0 unspecified atom stereocenters. The SMILES string of the molecule is CCNC(=O)CNc1nc(NN)nc2sc(C)cc12. The summed E-state index contributed by atoms with van der Waals surface area (Å²) in [6.07, 6.45) is 0. The molecule has 7 nitrogen and oxygen atoms in total. The maximum Gasteiger partial charge on any atom is 0.240 e. The highest BCUT2D eigenvalue weighted by atomic mass is 32.1. The van der Waals surface area contributed by atoms with E-state index in [1.807, 2.05) is 19.9 Å². The fourth-order valence-corrected chi connectivity index (χ4v) is 2.54. The lowest BCUT2D eigenvalue weighted by molar-refractivity contribution is -0.119. The molecule has 0 aliphatic rings. The lowest BCUT2D eigenvalue weighted by Crippen LogP contribution is -2.29. The Labute approximate surface area is 114 Å². The number of hydrogen-bond acceptors (Lipinski definition) is 7. The van der Waals surface area contributed by atoms with E-state index in [9.17, 15) is 4.79 Å². The summed E-state index contributed by atoms with van der Waals surface area (Å²) in [5.41, 5.74) is 2.43. The normalized spacial score (nSPS) is 10.5. The van der Waals surface area contributed by atoms with Crippen molar-refractivity contribution in [3.05, 3.63) is 10.9 Å². The number of thiophene rings is 1. The van der Waals surface area contributed by atoms with Crippen LogP contribution in [0.5, 0.6) is 0 Å². The van der Waals surface area contributed by atoms with Gasteiger partial charge in [-0.2, -0.15) is 4.98 Å². The number of aromatic nitrogens is 2. The molecule has 2 aromatic heterocycles. The second-order valence-corrected chi connectivity index (χ2v) is 5.16. The quantitative estimate of drug-likeness (QED) is 0.478. The third-order valence-electron chi connectivity index (χ3n) is 2.44. The Morgan fingerprint density at radius 3 is 2.95 bits per heavy atom. The van der Waals surface area contributed by atoms with E-state index in [-0.39, 0.29) is 12.5 Å². The molecule has 0 saturated heterocycles. The highest BCUT2D eigenvalue weighted by Gasteiger charge is 2.11. The zero-order valence-corrected chi connectivity index (χ0v) is 11.6. The highest BCUT2D eigenvalue weighted by Crippen LogP contribution is 2.29. The first-order chi connectivity index (χ1) is 9.13. The molecule has 0 spiro atoms. The molecule has 19 heavy (non-hydrogen) atoms. The van der Waals surface area contributed by atoms with Crippen molar-refractivity contribution < 1.29 is 4.79 Å². The van der Waals surface area contributed by atoms with Crippen molar-refractivity contribution in [2.75, 3.05) is 23.8 Å². The Kier molecular flexibility index (Phi) is 4.13. The standard InChI is InChI=1S/C11H16N6OS/c1-3-13-8(18)5-14-9-7-4-6(2)19-10(7)16-11(15-9)17-12/h4H,3,5,12H2,1-2H3,(H,13,18)(H2,14,15,16,17). The summed E-state index contributed by atoms with van der Waals surface area (Å²) in [6, 6.07) is 1.99. The average Bonchev–Trinajstić information content (AvgIpc) is 2.76. The van der Waals surface area contributed by atoms with E-state index in [1.165, 1.54) is 0 Å². The van der Waals surface area contributed by atoms with Crippen LogP contribution in [0.2, 0.25) is 0 Å². The summed E-state index contributed by atoms with van der Waals surface area (Å²) in [7, 11) is 0. The largest absolute Gasteiger partial charge is 0.360 e. The zero-order chi connectivity index (χ0) is 13.8. The first-order valence-electron chi connectivity index (χ1n) is 5.89. The summed E-state index contributed by atoms with van der Waals surface area (Å²) in [5, 5.41) is 6.62. The maximum absolute atomic E-state index is 11.5. The number of hydrazine groups is 1. The predicted molar refractivity (Wildman–Crippen MR) is 77.1 cm³/mol. The van der Waals surface area contributed by atoms with Crippen LogP contribution in [0.4, 0.5) is 11.8 Å². The maximum atomic E-state index is 11.5. The molecule has 102 valence electrons.